The highest BCUT2D eigenvalue weighted by Gasteiger charge is 2.49. The van der Waals surface area contributed by atoms with Gasteiger partial charge in [-0.15, -0.1) is 0 Å². The van der Waals surface area contributed by atoms with Gasteiger partial charge in [0.25, 0.3) is 0 Å². The smallest absolute Gasteiger partial charge is 0.236 e. The molecule has 3 fully saturated rings. The Morgan fingerprint density at radius 1 is 0.960 bits per heavy atom. The maximum absolute atomic E-state index is 12.8. The zero-order valence-electron chi connectivity index (χ0n) is 15.4. The summed E-state index contributed by atoms with van der Waals surface area (Å²) in [6.07, 6.45) is 8.86. The lowest BCUT2D eigenvalue weighted by Gasteiger charge is -2.39. The van der Waals surface area contributed by atoms with Gasteiger partial charge in [0.15, 0.2) is 0 Å². The average Bonchev–Trinajstić information content (AvgIpc) is 3.00. The fourth-order valence-corrected chi connectivity index (χ4v) is 4.71. The molecule has 2 amide bonds. The van der Waals surface area contributed by atoms with E-state index in [1.54, 1.807) is 4.90 Å². The van der Waals surface area contributed by atoms with Crippen LogP contribution < -0.4 is 0 Å². The Labute approximate surface area is 151 Å². The first-order valence-corrected chi connectivity index (χ1v) is 10.0. The number of aliphatic hydroxyl groups is 1. The number of piperidine rings is 1. The van der Waals surface area contributed by atoms with Crippen LogP contribution >= 0.6 is 0 Å². The summed E-state index contributed by atoms with van der Waals surface area (Å²) in [5.41, 5.74) is -0.390. The second-order valence-corrected chi connectivity index (χ2v) is 8.01. The molecule has 0 unspecified atom stereocenters. The molecule has 0 aromatic rings. The molecule has 0 aromatic heterocycles. The van der Waals surface area contributed by atoms with Crippen molar-refractivity contribution in [1.82, 2.24) is 14.7 Å². The molecule has 0 saturated carbocycles. The van der Waals surface area contributed by atoms with Gasteiger partial charge in [-0.25, -0.2) is 0 Å². The van der Waals surface area contributed by atoms with Crippen molar-refractivity contribution in [1.29, 1.82) is 0 Å². The highest BCUT2D eigenvalue weighted by Crippen LogP contribution is 2.40. The van der Waals surface area contributed by atoms with Gasteiger partial charge in [0.05, 0.1) is 18.6 Å². The molecule has 25 heavy (non-hydrogen) atoms. The predicted molar refractivity (Wildman–Crippen MR) is 96.1 cm³/mol. The number of carbonyl (C=O) groups excluding carboxylic acids is 2. The molecule has 142 valence electrons. The maximum atomic E-state index is 12.8. The summed E-state index contributed by atoms with van der Waals surface area (Å²) in [4.78, 5) is 31.6. The molecule has 0 radical (unpaired) electrons. The predicted octanol–water partition coefficient (Wildman–Crippen LogP) is 1.09. The Morgan fingerprint density at radius 3 is 2.40 bits per heavy atom. The van der Waals surface area contributed by atoms with Crippen LogP contribution in [0, 0.1) is 5.41 Å². The van der Waals surface area contributed by atoms with Crippen LogP contribution in [0.3, 0.4) is 0 Å². The van der Waals surface area contributed by atoms with Crippen molar-refractivity contribution in [3.05, 3.63) is 0 Å². The van der Waals surface area contributed by atoms with E-state index >= 15 is 0 Å². The average molecular weight is 351 g/mol. The second kappa shape index (κ2) is 8.49. The van der Waals surface area contributed by atoms with Crippen molar-refractivity contribution in [2.24, 2.45) is 5.41 Å². The highest BCUT2D eigenvalue weighted by molar-refractivity contribution is 5.86. The third kappa shape index (κ3) is 4.34. The van der Waals surface area contributed by atoms with Crippen LogP contribution in [-0.4, -0.2) is 84.0 Å². The fraction of sp³-hybridized carbons (Fsp3) is 0.895. The number of amides is 2. The lowest BCUT2D eigenvalue weighted by atomic mass is 9.78. The summed E-state index contributed by atoms with van der Waals surface area (Å²) < 4.78 is 0. The van der Waals surface area contributed by atoms with E-state index in [1.165, 1.54) is 32.1 Å². The number of hydrogen-bond donors (Lipinski definition) is 1. The van der Waals surface area contributed by atoms with E-state index in [0.29, 0.717) is 26.2 Å². The number of rotatable bonds is 4. The van der Waals surface area contributed by atoms with Crippen molar-refractivity contribution in [2.45, 2.75) is 51.4 Å². The summed E-state index contributed by atoms with van der Waals surface area (Å²) >= 11 is 0. The van der Waals surface area contributed by atoms with Gasteiger partial charge in [0.2, 0.25) is 11.8 Å². The summed E-state index contributed by atoms with van der Waals surface area (Å²) in [5, 5.41) is 9.17. The van der Waals surface area contributed by atoms with E-state index in [1.807, 2.05) is 4.90 Å². The van der Waals surface area contributed by atoms with Gasteiger partial charge < -0.3 is 14.9 Å². The maximum Gasteiger partial charge on any atom is 0.236 e. The third-order valence-electron chi connectivity index (χ3n) is 6.21. The fourth-order valence-electron chi connectivity index (χ4n) is 4.71. The van der Waals surface area contributed by atoms with E-state index in [9.17, 15) is 9.59 Å². The Kier molecular flexibility index (Phi) is 6.34. The van der Waals surface area contributed by atoms with Gasteiger partial charge in [-0.3, -0.25) is 14.5 Å². The molecule has 3 saturated heterocycles. The molecular formula is C19H33N3O3. The minimum atomic E-state index is -0.390. The van der Waals surface area contributed by atoms with Crippen LogP contribution in [0.2, 0.25) is 0 Å². The summed E-state index contributed by atoms with van der Waals surface area (Å²) in [6, 6.07) is 0. The van der Waals surface area contributed by atoms with Crippen molar-refractivity contribution < 1.29 is 14.7 Å². The lowest BCUT2D eigenvalue weighted by Crippen LogP contribution is -2.51. The molecular weight excluding hydrogens is 318 g/mol. The standard InChI is InChI=1S/C19H33N3O3/c23-14-13-21-11-6-7-19(18(21)25)8-12-22(16-19)17(24)15-20-9-4-2-1-3-5-10-20/h23H,1-16H2/t19-/m0/s1. The Balaban J connectivity index is 1.56. The lowest BCUT2D eigenvalue weighted by molar-refractivity contribution is -0.146. The molecule has 3 rings (SSSR count). The summed E-state index contributed by atoms with van der Waals surface area (Å²) in [7, 11) is 0. The largest absolute Gasteiger partial charge is 0.395 e. The van der Waals surface area contributed by atoms with Crippen LogP contribution in [0.15, 0.2) is 0 Å². The second-order valence-electron chi connectivity index (χ2n) is 8.01. The molecule has 3 aliphatic rings. The van der Waals surface area contributed by atoms with E-state index in [0.717, 1.165) is 38.9 Å². The quantitative estimate of drug-likeness (QED) is 0.823. The third-order valence-corrected chi connectivity index (χ3v) is 6.21. The molecule has 3 heterocycles. The minimum Gasteiger partial charge on any atom is -0.395 e. The first-order valence-electron chi connectivity index (χ1n) is 10.0. The monoisotopic (exact) mass is 351 g/mol. The molecule has 1 atom stereocenters. The Hall–Kier alpha value is -1.14. The molecule has 1 spiro atoms. The van der Waals surface area contributed by atoms with Crippen LogP contribution in [0.1, 0.15) is 51.4 Å². The normalized spacial score (nSPS) is 29.1. The number of aliphatic hydroxyl groups excluding tert-OH is 1. The van der Waals surface area contributed by atoms with Crippen molar-refractivity contribution in [3.8, 4) is 0 Å². The first kappa shape index (κ1) is 18.6. The highest BCUT2D eigenvalue weighted by atomic mass is 16.3. The van der Waals surface area contributed by atoms with Gasteiger partial charge >= 0.3 is 0 Å². The van der Waals surface area contributed by atoms with E-state index < -0.39 is 0 Å². The van der Waals surface area contributed by atoms with Gasteiger partial charge in [-0.2, -0.15) is 0 Å². The van der Waals surface area contributed by atoms with Crippen LogP contribution in [0.4, 0.5) is 0 Å². The van der Waals surface area contributed by atoms with E-state index in [-0.39, 0.29) is 23.8 Å². The van der Waals surface area contributed by atoms with Crippen LogP contribution in [-0.2, 0) is 9.59 Å². The SMILES string of the molecule is O=C(CN1CCCCCCC1)N1CC[C@@]2(CCCN(CCO)C2=O)C1. The van der Waals surface area contributed by atoms with Gasteiger partial charge in [-0.05, 0) is 45.2 Å². The van der Waals surface area contributed by atoms with E-state index in [4.69, 9.17) is 5.11 Å². The summed E-state index contributed by atoms with van der Waals surface area (Å²) in [6.45, 7) is 4.99. The number of likely N-dealkylation sites (tertiary alicyclic amines) is 3. The number of nitrogens with zero attached hydrogens (tertiary/aromatic N) is 3. The van der Waals surface area contributed by atoms with Crippen LogP contribution in [0.5, 0.6) is 0 Å². The molecule has 1 N–H and O–H groups in total. The number of hydrogen-bond acceptors (Lipinski definition) is 4. The Morgan fingerprint density at radius 2 is 1.68 bits per heavy atom. The van der Waals surface area contributed by atoms with Crippen molar-refractivity contribution in [2.75, 3.05) is 52.4 Å². The number of carbonyl (C=O) groups is 2. The molecule has 6 nitrogen and oxygen atoms in total. The molecule has 0 aromatic carbocycles. The van der Waals surface area contributed by atoms with Crippen molar-refractivity contribution >= 4 is 11.8 Å². The van der Waals surface area contributed by atoms with Gasteiger partial charge in [0, 0.05) is 26.2 Å². The molecule has 0 aliphatic carbocycles. The van der Waals surface area contributed by atoms with Crippen LogP contribution in [0.25, 0.3) is 0 Å². The zero-order chi connectivity index (χ0) is 17.7. The molecule has 0 bridgehead atoms. The number of β-amino-alcohol motifs (C(OH)–C–C–N with tert-alkyl or cyclic N) is 1. The topological polar surface area (TPSA) is 64.1 Å². The molecule has 6 heteroatoms. The van der Waals surface area contributed by atoms with Gasteiger partial charge in [-0.1, -0.05) is 19.3 Å². The summed E-state index contributed by atoms with van der Waals surface area (Å²) in [5.74, 6) is 0.332. The Bertz CT molecular complexity index is 475. The van der Waals surface area contributed by atoms with E-state index in [2.05, 4.69) is 4.90 Å². The zero-order valence-corrected chi connectivity index (χ0v) is 15.4. The van der Waals surface area contributed by atoms with Crippen molar-refractivity contribution in [3.63, 3.8) is 0 Å². The molecule has 3 aliphatic heterocycles. The first-order chi connectivity index (χ1) is 12.1. The van der Waals surface area contributed by atoms with Gasteiger partial charge in [0.1, 0.15) is 0 Å². The minimum absolute atomic E-state index is 0.0133.